The number of fused-ring (bicyclic) bond motifs is 1. The van der Waals surface area contributed by atoms with Crippen molar-refractivity contribution in [3.05, 3.63) is 46.7 Å². The van der Waals surface area contributed by atoms with Crippen LogP contribution in [0, 0.1) is 12.7 Å². The molecule has 156 valence electrons. The lowest BCUT2D eigenvalue weighted by atomic mass is 9.92. The number of aromatic nitrogens is 3. The number of nitrogens with zero attached hydrogens (tertiary/aromatic N) is 2. The van der Waals surface area contributed by atoms with Crippen molar-refractivity contribution in [2.45, 2.75) is 43.3 Å². The third-order valence-electron chi connectivity index (χ3n) is 6.15. The summed E-state index contributed by atoms with van der Waals surface area (Å²) < 4.78 is 38.0. The SMILES string of the molecule is CNC(=O)c1ncc2n[nH]c(C3CC3)c2c1-c1cc(C)c(C2(S(=O)[O-])CC2)cc1F. The number of rotatable bonds is 5. The van der Waals surface area contributed by atoms with E-state index in [2.05, 4.69) is 20.5 Å². The molecule has 0 saturated heterocycles. The number of amides is 1. The largest absolute Gasteiger partial charge is 0.772 e. The Morgan fingerprint density at radius 2 is 2.10 bits per heavy atom. The maximum Gasteiger partial charge on any atom is 0.270 e. The van der Waals surface area contributed by atoms with Gasteiger partial charge in [-0.3, -0.25) is 14.1 Å². The van der Waals surface area contributed by atoms with E-state index >= 15 is 4.39 Å². The topological polar surface area (TPSA) is 111 Å². The average molecular weight is 427 g/mol. The number of hydrogen-bond acceptors (Lipinski definition) is 5. The van der Waals surface area contributed by atoms with E-state index in [0.717, 1.165) is 18.5 Å². The predicted molar refractivity (Wildman–Crippen MR) is 109 cm³/mol. The van der Waals surface area contributed by atoms with Gasteiger partial charge >= 0.3 is 0 Å². The average Bonchev–Trinajstić information content (AvgIpc) is 3.66. The van der Waals surface area contributed by atoms with Gasteiger partial charge in [-0.15, -0.1) is 0 Å². The molecule has 30 heavy (non-hydrogen) atoms. The molecule has 0 aliphatic heterocycles. The number of halogens is 1. The van der Waals surface area contributed by atoms with Crippen LogP contribution < -0.4 is 5.32 Å². The second-order valence-electron chi connectivity index (χ2n) is 8.11. The van der Waals surface area contributed by atoms with Crippen molar-refractivity contribution >= 4 is 27.9 Å². The molecule has 2 heterocycles. The van der Waals surface area contributed by atoms with E-state index in [4.69, 9.17) is 0 Å². The molecule has 0 bridgehead atoms. The summed E-state index contributed by atoms with van der Waals surface area (Å²) in [4.78, 5) is 16.9. The highest BCUT2D eigenvalue weighted by molar-refractivity contribution is 7.80. The Labute approximate surface area is 174 Å². The van der Waals surface area contributed by atoms with Crippen molar-refractivity contribution in [3.63, 3.8) is 0 Å². The lowest BCUT2D eigenvalue weighted by Gasteiger charge is -2.22. The first-order valence-corrected chi connectivity index (χ1v) is 10.9. The van der Waals surface area contributed by atoms with Gasteiger partial charge in [0, 0.05) is 35.2 Å². The first-order chi connectivity index (χ1) is 14.4. The monoisotopic (exact) mass is 427 g/mol. The molecule has 1 atom stereocenters. The molecule has 2 fully saturated rings. The van der Waals surface area contributed by atoms with Crippen LogP contribution in [0.3, 0.4) is 0 Å². The summed E-state index contributed by atoms with van der Waals surface area (Å²) in [5, 5.41) is 10.6. The summed E-state index contributed by atoms with van der Waals surface area (Å²) in [7, 11) is 1.50. The maximum atomic E-state index is 15.5. The molecule has 5 rings (SSSR count). The second-order valence-corrected chi connectivity index (χ2v) is 9.36. The minimum absolute atomic E-state index is 0.118. The summed E-state index contributed by atoms with van der Waals surface area (Å²) in [5.74, 6) is -0.695. The number of hydrogen-bond donors (Lipinski definition) is 2. The zero-order valence-corrected chi connectivity index (χ0v) is 17.4. The van der Waals surface area contributed by atoms with E-state index < -0.39 is 27.6 Å². The lowest BCUT2D eigenvalue weighted by Crippen LogP contribution is -2.21. The van der Waals surface area contributed by atoms with Gasteiger partial charge in [-0.1, -0.05) is 0 Å². The molecule has 2 aromatic heterocycles. The lowest BCUT2D eigenvalue weighted by molar-refractivity contribution is 0.0959. The van der Waals surface area contributed by atoms with Gasteiger partial charge in [0.05, 0.1) is 10.9 Å². The van der Waals surface area contributed by atoms with Crippen molar-refractivity contribution in [2.24, 2.45) is 0 Å². The van der Waals surface area contributed by atoms with Crippen molar-refractivity contribution in [2.75, 3.05) is 7.05 Å². The van der Waals surface area contributed by atoms with Crippen molar-refractivity contribution in [1.82, 2.24) is 20.5 Å². The van der Waals surface area contributed by atoms with Crippen LogP contribution in [0.5, 0.6) is 0 Å². The van der Waals surface area contributed by atoms with Crippen LogP contribution in [0.1, 0.15) is 58.9 Å². The first kappa shape index (κ1) is 19.3. The second kappa shape index (κ2) is 6.68. The van der Waals surface area contributed by atoms with Crippen molar-refractivity contribution in [3.8, 4) is 11.1 Å². The van der Waals surface area contributed by atoms with Crippen LogP contribution in [0.2, 0.25) is 0 Å². The highest BCUT2D eigenvalue weighted by atomic mass is 32.2. The molecule has 0 spiro atoms. The van der Waals surface area contributed by atoms with Crippen LogP contribution in [-0.4, -0.2) is 36.9 Å². The normalized spacial score (nSPS) is 18.4. The molecular weight excluding hydrogens is 407 g/mol. The number of aromatic amines is 1. The van der Waals surface area contributed by atoms with Crippen molar-refractivity contribution in [1.29, 1.82) is 0 Å². The zero-order chi connectivity index (χ0) is 21.2. The molecule has 2 aliphatic rings. The maximum absolute atomic E-state index is 15.5. The Balaban J connectivity index is 1.78. The molecule has 0 radical (unpaired) electrons. The number of pyridine rings is 1. The van der Waals surface area contributed by atoms with Gasteiger partial charge in [0.1, 0.15) is 17.0 Å². The molecule has 9 heteroatoms. The van der Waals surface area contributed by atoms with Gasteiger partial charge < -0.3 is 9.87 Å². The molecule has 2 aliphatic carbocycles. The van der Waals surface area contributed by atoms with Crippen LogP contribution >= 0.6 is 0 Å². The fourth-order valence-corrected chi connectivity index (χ4v) is 5.09. The highest BCUT2D eigenvalue weighted by Gasteiger charge is 2.47. The minimum Gasteiger partial charge on any atom is -0.772 e. The number of benzene rings is 1. The van der Waals surface area contributed by atoms with Gasteiger partial charge in [-0.05, 0) is 66.9 Å². The number of carbonyl (C=O) groups is 1. The summed E-state index contributed by atoms with van der Waals surface area (Å²) in [6.45, 7) is 1.77. The number of carbonyl (C=O) groups excluding carboxylic acids is 1. The molecule has 3 aromatic rings. The summed E-state index contributed by atoms with van der Waals surface area (Å²) in [6.07, 6.45) is 4.50. The molecule has 7 nitrogen and oxygen atoms in total. The number of H-pyrrole nitrogens is 1. The van der Waals surface area contributed by atoms with E-state index in [-0.39, 0.29) is 11.3 Å². The van der Waals surface area contributed by atoms with Crippen LogP contribution in [0.15, 0.2) is 18.3 Å². The summed E-state index contributed by atoms with van der Waals surface area (Å²) in [5.41, 5.74) is 3.34. The van der Waals surface area contributed by atoms with Gasteiger partial charge in [0.2, 0.25) is 0 Å². The fourth-order valence-electron chi connectivity index (χ4n) is 4.26. The Morgan fingerprint density at radius 3 is 2.70 bits per heavy atom. The smallest absolute Gasteiger partial charge is 0.270 e. The third kappa shape index (κ3) is 2.79. The molecule has 2 N–H and O–H groups in total. The minimum atomic E-state index is -2.32. The van der Waals surface area contributed by atoms with E-state index in [1.807, 2.05) is 0 Å². The van der Waals surface area contributed by atoms with Gasteiger partial charge in [-0.2, -0.15) is 5.10 Å². The van der Waals surface area contributed by atoms with Crippen molar-refractivity contribution < 1.29 is 17.9 Å². The van der Waals surface area contributed by atoms with Gasteiger partial charge in [0.15, 0.2) is 0 Å². The molecule has 2 saturated carbocycles. The van der Waals surface area contributed by atoms with Crippen LogP contribution in [0.25, 0.3) is 22.0 Å². The Morgan fingerprint density at radius 1 is 1.37 bits per heavy atom. The van der Waals surface area contributed by atoms with Crippen LogP contribution in [-0.2, 0) is 15.8 Å². The third-order valence-corrected chi connectivity index (χ3v) is 7.42. The van der Waals surface area contributed by atoms with Crippen LogP contribution in [0.4, 0.5) is 4.39 Å². The quantitative estimate of drug-likeness (QED) is 0.608. The predicted octanol–water partition coefficient (Wildman–Crippen LogP) is 3.18. The Hall–Kier alpha value is -2.65. The fraction of sp³-hybridized carbons (Fsp3) is 0.381. The van der Waals surface area contributed by atoms with E-state index in [0.29, 0.717) is 46.4 Å². The number of aryl methyl sites for hydroxylation is 1. The Kier molecular flexibility index (Phi) is 4.30. The standard InChI is InChI=1S/C21H21FN4O3S/c1-10-7-12(14(22)8-13(10)21(5-6-21)30(28)29)16-17-15(9-24-19(16)20(27)23-2)25-26-18(17)11-3-4-11/h7-9,11H,3-6H2,1-2H3,(H,23,27)(H,25,26)(H,28,29)/p-1. The first-order valence-electron chi connectivity index (χ1n) is 9.87. The van der Waals surface area contributed by atoms with E-state index in [9.17, 15) is 13.6 Å². The Bertz CT molecular complexity index is 1230. The molecule has 1 amide bonds. The molecular formula is C21H20FN4O3S-. The molecule has 1 unspecified atom stereocenters. The summed E-state index contributed by atoms with van der Waals surface area (Å²) in [6, 6.07) is 2.93. The van der Waals surface area contributed by atoms with Gasteiger partial charge in [-0.25, -0.2) is 9.37 Å². The van der Waals surface area contributed by atoms with E-state index in [1.54, 1.807) is 13.0 Å². The summed E-state index contributed by atoms with van der Waals surface area (Å²) >= 11 is -2.32. The highest BCUT2D eigenvalue weighted by Crippen LogP contribution is 2.52. The van der Waals surface area contributed by atoms with Gasteiger partial charge in [0.25, 0.3) is 5.91 Å². The molecule has 1 aromatic carbocycles. The number of nitrogens with one attached hydrogen (secondary N) is 2. The van der Waals surface area contributed by atoms with E-state index in [1.165, 1.54) is 19.3 Å². The zero-order valence-electron chi connectivity index (χ0n) is 16.5.